The Kier molecular flexibility index (Phi) is 5.72. The highest BCUT2D eigenvalue weighted by Gasteiger charge is 2.32. The number of aromatic nitrogens is 1. The average Bonchev–Trinajstić information content (AvgIpc) is 2.62. The Morgan fingerprint density at radius 3 is 2.34 bits per heavy atom. The van der Waals surface area contributed by atoms with Crippen LogP contribution < -0.4 is 9.46 Å². The van der Waals surface area contributed by atoms with Gasteiger partial charge in [-0.25, -0.2) is 8.42 Å². The number of halogens is 4. The fourth-order valence-electron chi connectivity index (χ4n) is 2.37. The number of nitrogens with one attached hydrogen (secondary N) is 1. The van der Waals surface area contributed by atoms with Crippen LogP contribution >= 0.6 is 11.6 Å². The Balaban J connectivity index is 2.02. The van der Waals surface area contributed by atoms with Crippen LogP contribution in [0.4, 0.5) is 18.9 Å². The van der Waals surface area contributed by atoms with Crippen LogP contribution in [0.3, 0.4) is 0 Å². The first-order chi connectivity index (χ1) is 13.5. The lowest BCUT2D eigenvalue weighted by Gasteiger charge is -2.16. The van der Waals surface area contributed by atoms with Crippen molar-refractivity contribution in [1.82, 2.24) is 4.98 Å². The molecule has 0 aliphatic carbocycles. The van der Waals surface area contributed by atoms with E-state index in [2.05, 4.69) is 9.71 Å². The number of anilines is 1. The normalized spacial score (nSPS) is 11.9. The van der Waals surface area contributed by atoms with Crippen LogP contribution in [-0.2, 0) is 16.2 Å². The third-order valence-corrected chi connectivity index (χ3v) is 5.38. The van der Waals surface area contributed by atoms with Crippen molar-refractivity contribution < 1.29 is 26.3 Å². The fraction of sp³-hybridized carbons (Fsp3) is 0.105. The molecule has 0 saturated carbocycles. The SMILES string of the molecule is Cc1ccc(S(=O)(=O)Nc2cc(C(F)(F)F)ccc2Oc2cncc(Cl)c2)cc1. The lowest BCUT2D eigenvalue weighted by Crippen LogP contribution is -2.15. The van der Waals surface area contributed by atoms with E-state index in [-0.39, 0.29) is 27.1 Å². The molecular formula is C19H14ClF3N2O3S. The molecule has 0 atom stereocenters. The zero-order valence-corrected chi connectivity index (χ0v) is 16.4. The molecule has 152 valence electrons. The zero-order chi connectivity index (χ0) is 21.2. The summed E-state index contributed by atoms with van der Waals surface area (Å²) in [6.07, 6.45) is -2.02. The number of sulfonamides is 1. The Bertz CT molecular complexity index is 1130. The molecule has 3 aromatic rings. The summed E-state index contributed by atoms with van der Waals surface area (Å²) in [4.78, 5) is 3.72. The summed E-state index contributed by atoms with van der Waals surface area (Å²) in [6.45, 7) is 1.78. The topological polar surface area (TPSA) is 68.3 Å². The van der Waals surface area contributed by atoms with Gasteiger partial charge in [-0.15, -0.1) is 0 Å². The highest BCUT2D eigenvalue weighted by molar-refractivity contribution is 7.92. The number of rotatable bonds is 5. The van der Waals surface area contributed by atoms with Gasteiger partial charge in [-0.3, -0.25) is 9.71 Å². The van der Waals surface area contributed by atoms with Gasteiger partial charge in [0.2, 0.25) is 0 Å². The molecule has 10 heteroatoms. The maximum Gasteiger partial charge on any atom is 0.416 e. The number of pyridine rings is 1. The fourth-order valence-corrected chi connectivity index (χ4v) is 3.60. The number of alkyl halides is 3. The highest BCUT2D eigenvalue weighted by atomic mass is 35.5. The van der Waals surface area contributed by atoms with E-state index in [1.54, 1.807) is 19.1 Å². The zero-order valence-electron chi connectivity index (χ0n) is 14.9. The maximum absolute atomic E-state index is 13.1. The molecule has 2 aromatic carbocycles. The van der Waals surface area contributed by atoms with Gasteiger partial charge in [0.05, 0.1) is 27.4 Å². The van der Waals surface area contributed by atoms with Crippen LogP contribution in [0.2, 0.25) is 5.02 Å². The Labute approximate surface area is 170 Å². The van der Waals surface area contributed by atoms with Crippen LogP contribution in [0.25, 0.3) is 0 Å². The van der Waals surface area contributed by atoms with E-state index >= 15 is 0 Å². The van der Waals surface area contributed by atoms with E-state index in [1.165, 1.54) is 30.6 Å². The van der Waals surface area contributed by atoms with Crippen molar-refractivity contribution in [2.75, 3.05) is 4.72 Å². The van der Waals surface area contributed by atoms with Gasteiger partial charge in [0.25, 0.3) is 10.0 Å². The van der Waals surface area contributed by atoms with Gasteiger partial charge in [0.15, 0.2) is 5.75 Å². The van der Waals surface area contributed by atoms with Gasteiger partial charge < -0.3 is 4.74 Å². The number of ether oxygens (including phenoxy) is 1. The van der Waals surface area contributed by atoms with Gasteiger partial charge in [-0.2, -0.15) is 13.2 Å². The minimum Gasteiger partial charge on any atom is -0.453 e. The summed E-state index contributed by atoms with van der Waals surface area (Å²) in [7, 11) is -4.15. The minimum absolute atomic E-state index is 0.101. The number of aryl methyl sites for hydroxylation is 1. The van der Waals surface area contributed by atoms with Crippen molar-refractivity contribution >= 4 is 27.3 Å². The van der Waals surface area contributed by atoms with Gasteiger partial charge in [0.1, 0.15) is 5.75 Å². The van der Waals surface area contributed by atoms with Crippen LogP contribution in [0, 0.1) is 6.92 Å². The van der Waals surface area contributed by atoms with Gasteiger partial charge in [-0.1, -0.05) is 29.3 Å². The number of hydrogen-bond acceptors (Lipinski definition) is 4. The molecule has 0 fully saturated rings. The third kappa shape index (κ3) is 5.18. The first-order valence-corrected chi connectivity index (χ1v) is 10.00. The van der Waals surface area contributed by atoms with E-state index in [4.69, 9.17) is 16.3 Å². The first kappa shape index (κ1) is 20.9. The Morgan fingerprint density at radius 1 is 1.03 bits per heavy atom. The molecule has 3 rings (SSSR count). The quantitative estimate of drug-likeness (QED) is 0.554. The van der Waals surface area contributed by atoms with Gasteiger partial charge in [0, 0.05) is 12.3 Å². The maximum atomic E-state index is 13.1. The molecular weight excluding hydrogens is 429 g/mol. The number of benzene rings is 2. The van der Waals surface area contributed by atoms with Gasteiger partial charge >= 0.3 is 6.18 Å². The Morgan fingerprint density at radius 2 is 1.72 bits per heavy atom. The van der Waals surface area contributed by atoms with E-state index in [1.807, 2.05) is 0 Å². The smallest absolute Gasteiger partial charge is 0.416 e. The molecule has 5 nitrogen and oxygen atoms in total. The predicted octanol–water partition coefficient (Wildman–Crippen LogP) is 5.66. The molecule has 0 aliphatic heterocycles. The van der Waals surface area contributed by atoms with Crippen molar-refractivity contribution in [3.8, 4) is 11.5 Å². The summed E-state index contributed by atoms with van der Waals surface area (Å²) in [5.41, 5.74) is -0.573. The number of nitrogens with zero attached hydrogens (tertiary/aromatic N) is 1. The summed E-state index contributed by atoms with van der Waals surface area (Å²) >= 11 is 5.83. The largest absolute Gasteiger partial charge is 0.453 e. The summed E-state index contributed by atoms with van der Waals surface area (Å²) < 4.78 is 72.4. The second-order valence-electron chi connectivity index (χ2n) is 6.07. The van der Waals surface area contributed by atoms with Crippen molar-refractivity contribution in [3.63, 3.8) is 0 Å². The van der Waals surface area contributed by atoms with E-state index < -0.39 is 21.8 Å². The molecule has 1 heterocycles. The van der Waals surface area contributed by atoms with Gasteiger partial charge in [-0.05, 0) is 37.3 Å². The molecule has 1 N–H and O–H groups in total. The molecule has 0 spiro atoms. The molecule has 0 bridgehead atoms. The first-order valence-electron chi connectivity index (χ1n) is 8.14. The third-order valence-electron chi connectivity index (χ3n) is 3.79. The molecule has 29 heavy (non-hydrogen) atoms. The van der Waals surface area contributed by atoms with E-state index in [0.717, 1.165) is 17.7 Å². The second kappa shape index (κ2) is 7.92. The van der Waals surface area contributed by atoms with E-state index in [0.29, 0.717) is 6.07 Å². The van der Waals surface area contributed by atoms with Crippen LogP contribution in [0.5, 0.6) is 11.5 Å². The van der Waals surface area contributed by atoms with Crippen molar-refractivity contribution in [3.05, 3.63) is 77.1 Å². The predicted molar refractivity (Wildman–Crippen MR) is 103 cm³/mol. The molecule has 0 unspecified atom stereocenters. The van der Waals surface area contributed by atoms with Crippen LogP contribution in [0.15, 0.2) is 65.8 Å². The van der Waals surface area contributed by atoms with Crippen molar-refractivity contribution in [2.45, 2.75) is 18.0 Å². The molecule has 1 aromatic heterocycles. The molecule has 0 saturated heterocycles. The summed E-state index contributed by atoms with van der Waals surface area (Å²) in [5, 5.41) is 0.246. The summed E-state index contributed by atoms with van der Waals surface area (Å²) in [5.74, 6) is -0.00852. The highest BCUT2D eigenvalue weighted by Crippen LogP contribution is 2.38. The monoisotopic (exact) mass is 442 g/mol. The molecule has 0 radical (unpaired) electrons. The lowest BCUT2D eigenvalue weighted by atomic mass is 10.2. The van der Waals surface area contributed by atoms with Crippen LogP contribution in [-0.4, -0.2) is 13.4 Å². The summed E-state index contributed by atoms with van der Waals surface area (Å²) in [6, 6.07) is 9.74. The standard InChI is InChI=1S/C19H14ClF3N2O3S/c1-12-2-5-16(6-3-12)29(26,27)25-17-8-13(19(21,22)23)4-7-18(17)28-15-9-14(20)10-24-11-15/h2-11,25H,1H3. The van der Waals surface area contributed by atoms with Crippen molar-refractivity contribution in [2.24, 2.45) is 0 Å². The van der Waals surface area contributed by atoms with E-state index in [9.17, 15) is 21.6 Å². The minimum atomic E-state index is -4.67. The average molecular weight is 443 g/mol. The second-order valence-corrected chi connectivity index (χ2v) is 8.19. The van der Waals surface area contributed by atoms with Crippen molar-refractivity contribution in [1.29, 1.82) is 0 Å². The molecule has 0 amide bonds. The Hall–Kier alpha value is -2.78. The van der Waals surface area contributed by atoms with Crippen LogP contribution in [0.1, 0.15) is 11.1 Å². The molecule has 0 aliphatic rings. The lowest BCUT2D eigenvalue weighted by molar-refractivity contribution is -0.137. The number of hydrogen-bond donors (Lipinski definition) is 1.